The number of aliphatic hydroxyl groups excluding tert-OH is 4. The molecule has 6 N–H and O–H groups in total. The van der Waals surface area contributed by atoms with Gasteiger partial charge in [-0.1, -0.05) is 26.7 Å². The number of hydrogen-bond donors (Lipinski definition) is 5. The molecule has 0 amide bonds. The molecule has 0 radical (unpaired) electrons. The third-order valence-electron chi connectivity index (χ3n) is 5.82. The summed E-state index contributed by atoms with van der Waals surface area (Å²) < 4.78 is 17.6. The molecule has 0 bridgehead atoms. The molecule has 154 valence electrons. The van der Waals surface area contributed by atoms with Crippen molar-refractivity contribution in [3.63, 3.8) is 0 Å². The normalized spacial score (nSPS) is 47.3. The van der Waals surface area contributed by atoms with Crippen molar-refractivity contribution in [3.05, 3.63) is 0 Å². The highest BCUT2D eigenvalue weighted by molar-refractivity contribution is 4.98. The van der Waals surface area contributed by atoms with Crippen LogP contribution in [-0.2, 0) is 14.2 Å². The predicted molar refractivity (Wildman–Crippen MR) is 94.3 cm³/mol. The maximum Gasteiger partial charge on any atom is 0.160 e. The van der Waals surface area contributed by atoms with Gasteiger partial charge in [-0.2, -0.15) is 0 Å². The minimum absolute atomic E-state index is 0.0899. The van der Waals surface area contributed by atoms with Crippen LogP contribution in [0.5, 0.6) is 0 Å². The van der Waals surface area contributed by atoms with Crippen molar-refractivity contribution in [1.82, 2.24) is 0 Å². The van der Waals surface area contributed by atoms with Crippen LogP contribution in [0, 0.1) is 5.92 Å². The van der Waals surface area contributed by atoms with E-state index in [0.29, 0.717) is 0 Å². The first kappa shape index (κ1) is 22.0. The van der Waals surface area contributed by atoms with Gasteiger partial charge in [0.05, 0.1) is 24.9 Å². The molecule has 0 saturated carbocycles. The largest absolute Gasteiger partial charge is 0.394 e. The monoisotopic (exact) mass is 377 g/mol. The number of aliphatic hydroxyl groups is 4. The lowest BCUT2D eigenvalue weighted by molar-refractivity contribution is -0.313. The molecule has 8 nitrogen and oxygen atoms in total. The minimum atomic E-state index is -1.26. The molecule has 2 rings (SSSR count). The lowest BCUT2D eigenvalue weighted by Crippen LogP contribution is -2.64. The highest BCUT2D eigenvalue weighted by Crippen LogP contribution is 2.35. The van der Waals surface area contributed by atoms with Crippen molar-refractivity contribution in [2.45, 2.75) is 102 Å². The van der Waals surface area contributed by atoms with Crippen molar-refractivity contribution >= 4 is 0 Å². The summed E-state index contributed by atoms with van der Waals surface area (Å²) in [5.74, 6) is 0.0899. The van der Waals surface area contributed by atoms with Crippen molar-refractivity contribution in [2.24, 2.45) is 11.7 Å². The fourth-order valence-corrected chi connectivity index (χ4v) is 4.04. The molecule has 0 aliphatic carbocycles. The van der Waals surface area contributed by atoms with Crippen LogP contribution in [0.4, 0.5) is 0 Å². The van der Waals surface area contributed by atoms with E-state index in [1.165, 1.54) is 0 Å². The Labute approximate surface area is 155 Å². The Hall–Kier alpha value is -0.320. The molecule has 26 heavy (non-hydrogen) atoms. The highest BCUT2D eigenvalue weighted by atomic mass is 16.7. The molecule has 9 atom stereocenters. The maximum atomic E-state index is 10.6. The summed E-state index contributed by atoms with van der Waals surface area (Å²) in [6.45, 7) is 7.11. The Morgan fingerprint density at radius 1 is 1.15 bits per heavy atom. The molecule has 2 aliphatic rings. The van der Waals surface area contributed by atoms with Crippen LogP contribution in [0.1, 0.15) is 47.0 Å². The Morgan fingerprint density at radius 3 is 2.27 bits per heavy atom. The van der Waals surface area contributed by atoms with E-state index in [4.69, 9.17) is 19.9 Å². The third-order valence-corrected chi connectivity index (χ3v) is 5.82. The van der Waals surface area contributed by atoms with E-state index in [-0.39, 0.29) is 18.9 Å². The van der Waals surface area contributed by atoms with Crippen LogP contribution >= 0.6 is 0 Å². The molecule has 0 spiro atoms. The summed E-state index contributed by atoms with van der Waals surface area (Å²) in [6.07, 6.45) is -4.87. The summed E-state index contributed by atoms with van der Waals surface area (Å²) >= 11 is 0. The molecule has 2 saturated heterocycles. The van der Waals surface area contributed by atoms with Crippen molar-refractivity contribution in [2.75, 3.05) is 6.61 Å². The average molecular weight is 377 g/mol. The first-order valence-corrected chi connectivity index (χ1v) is 9.56. The van der Waals surface area contributed by atoms with E-state index in [2.05, 4.69) is 0 Å². The number of nitrogens with two attached hydrogens (primary N) is 1. The van der Waals surface area contributed by atoms with E-state index in [1.807, 2.05) is 13.8 Å². The van der Waals surface area contributed by atoms with Crippen LogP contribution in [0.15, 0.2) is 0 Å². The quantitative estimate of drug-likeness (QED) is 0.418. The van der Waals surface area contributed by atoms with Gasteiger partial charge < -0.3 is 40.4 Å². The van der Waals surface area contributed by atoms with Crippen molar-refractivity contribution in [1.29, 1.82) is 0 Å². The van der Waals surface area contributed by atoms with Gasteiger partial charge in [-0.15, -0.1) is 0 Å². The number of rotatable bonds is 6. The molecule has 2 aliphatic heterocycles. The SMILES string of the molecule is CCC(CC)[C@H]1OC(CO)C(O)[C@H](O)C1O[C@H]1CC(C)(N)[C@H](O)C(C)O1. The van der Waals surface area contributed by atoms with Crippen LogP contribution in [-0.4, -0.2) is 81.6 Å². The van der Waals surface area contributed by atoms with Gasteiger partial charge in [0.1, 0.15) is 24.4 Å². The smallest absolute Gasteiger partial charge is 0.160 e. The fourth-order valence-electron chi connectivity index (χ4n) is 4.04. The Bertz CT molecular complexity index is 445. The summed E-state index contributed by atoms with van der Waals surface area (Å²) in [5, 5.41) is 40.5. The topological polar surface area (TPSA) is 135 Å². The lowest BCUT2D eigenvalue weighted by Gasteiger charge is -2.48. The van der Waals surface area contributed by atoms with Gasteiger partial charge in [0, 0.05) is 12.0 Å². The number of ether oxygens (including phenoxy) is 3. The first-order chi connectivity index (χ1) is 12.2. The third kappa shape index (κ3) is 4.39. The molecule has 0 aromatic heterocycles. The van der Waals surface area contributed by atoms with Gasteiger partial charge in [0.25, 0.3) is 0 Å². The summed E-state index contributed by atoms with van der Waals surface area (Å²) in [4.78, 5) is 0. The summed E-state index contributed by atoms with van der Waals surface area (Å²) in [7, 11) is 0. The molecule has 0 aromatic carbocycles. The second-order valence-corrected chi connectivity index (χ2v) is 7.91. The van der Waals surface area contributed by atoms with Gasteiger partial charge in [0.15, 0.2) is 6.29 Å². The summed E-state index contributed by atoms with van der Waals surface area (Å²) in [6, 6.07) is 0. The molecule has 2 heterocycles. The maximum absolute atomic E-state index is 10.6. The Balaban J connectivity index is 2.19. The molecular weight excluding hydrogens is 342 g/mol. The van der Waals surface area contributed by atoms with E-state index in [9.17, 15) is 20.4 Å². The zero-order valence-corrected chi connectivity index (χ0v) is 16.1. The van der Waals surface area contributed by atoms with E-state index < -0.39 is 54.6 Å². The average Bonchev–Trinajstić information content (AvgIpc) is 2.59. The molecule has 0 aromatic rings. The van der Waals surface area contributed by atoms with Gasteiger partial charge in [0.2, 0.25) is 0 Å². The zero-order chi connectivity index (χ0) is 19.6. The van der Waals surface area contributed by atoms with Crippen LogP contribution < -0.4 is 5.73 Å². The van der Waals surface area contributed by atoms with Crippen LogP contribution in [0.2, 0.25) is 0 Å². The van der Waals surface area contributed by atoms with E-state index in [1.54, 1.807) is 13.8 Å². The molecule has 2 fully saturated rings. The van der Waals surface area contributed by atoms with E-state index >= 15 is 0 Å². The highest BCUT2D eigenvalue weighted by Gasteiger charge is 2.50. The first-order valence-electron chi connectivity index (χ1n) is 9.56. The van der Waals surface area contributed by atoms with Crippen molar-refractivity contribution in [3.8, 4) is 0 Å². The predicted octanol–water partition coefficient (Wildman–Crippen LogP) is -0.497. The second-order valence-electron chi connectivity index (χ2n) is 7.91. The molecular formula is C18H35NO7. The van der Waals surface area contributed by atoms with Crippen LogP contribution in [0.25, 0.3) is 0 Å². The Kier molecular flexibility index (Phi) is 7.43. The van der Waals surface area contributed by atoms with E-state index in [0.717, 1.165) is 12.8 Å². The summed E-state index contributed by atoms with van der Waals surface area (Å²) in [5.41, 5.74) is 5.28. The van der Waals surface area contributed by atoms with Gasteiger partial charge in [-0.3, -0.25) is 0 Å². The second kappa shape index (κ2) is 8.79. The standard InChI is InChI=1S/C18H35NO7/c1-5-10(6-2)15-16(14(22)13(21)11(8-20)25-15)26-12-7-18(4,19)17(23)9(3)24-12/h9-17,20-23H,5-8,19H2,1-4H3/t9?,11?,12-,13?,14-,15+,16?,17+,18?/m0/s1. The Morgan fingerprint density at radius 2 is 1.77 bits per heavy atom. The minimum Gasteiger partial charge on any atom is -0.394 e. The van der Waals surface area contributed by atoms with Crippen molar-refractivity contribution < 1.29 is 34.6 Å². The van der Waals surface area contributed by atoms with Gasteiger partial charge in [-0.05, 0) is 19.8 Å². The lowest BCUT2D eigenvalue weighted by atomic mass is 9.84. The number of hydrogen-bond acceptors (Lipinski definition) is 8. The van der Waals surface area contributed by atoms with Gasteiger partial charge >= 0.3 is 0 Å². The van der Waals surface area contributed by atoms with Gasteiger partial charge in [-0.25, -0.2) is 0 Å². The molecule has 5 unspecified atom stereocenters. The van der Waals surface area contributed by atoms with Crippen LogP contribution in [0.3, 0.4) is 0 Å². The molecule has 8 heteroatoms. The fraction of sp³-hybridized carbons (Fsp3) is 1.00. The zero-order valence-electron chi connectivity index (χ0n) is 16.1.